The molecule has 0 spiro atoms. The smallest absolute Gasteiger partial charge is 0.308 e. The van der Waals surface area contributed by atoms with Gasteiger partial charge in [-0.3, -0.25) is 4.79 Å². The van der Waals surface area contributed by atoms with Gasteiger partial charge in [0.2, 0.25) is 0 Å². The highest BCUT2D eigenvalue weighted by molar-refractivity contribution is 5.95. The Hall–Kier alpha value is -2.49. The van der Waals surface area contributed by atoms with Gasteiger partial charge >= 0.3 is 5.97 Å². The molecule has 0 saturated carbocycles. The number of ether oxygens (including phenoxy) is 2. The van der Waals surface area contributed by atoms with Gasteiger partial charge in [0.1, 0.15) is 5.75 Å². The first-order chi connectivity index (χ1) is 12.0. The third-order valence-electron chi connectivity index (χ3n) is 4.27. The van der Waals surface area contributed by atoms with Crippen LogP contribution in [0.5, 0.6) is 5.75 Å². The Labute approximate surface area is 149 Å². The van der Waals surface area contributed by atoms with Crippen LogP contribution < -0.4 is 4.74 Å². The molecule has 1 heterocycles. The van der Waals surface area contributed by atoms with Gasteiger partial charge in [-0.25, -0.2) is 0 Å². The number of nitrogens with one attached hydrogen (secondary N) is 1. The van der Waals surface area contributed by atoms with Crippen molar-refractivity contribution in [1.82, 2.24) is 4.98 Å². The van der Waals surface area contributed by atoms with E-state index in [1.54, 1.807) is 0 Å². The van der Waals surface area contributed by atoms with Gasteiger partial charge < -0.3 is 14.5 Å². The van der Waals surface area contributed by atoms with Crippen LogP contribution >= 0.6 is 0 Å². The van der Waals surface area contributed by atoms with Crippen molar-refractivity contribution in [1.29, 1.82) is 0 Å². The summed E-state index contributed by atoms with van der Waals surface area (Å²) in [5.74, 6) is 0.982. The fourth-order valence-electron chi connectivity index (χ4n) is 2.55. The van der Waals surface area contributed by atoms with Crippen molar-refractivity contribution in [3.63, 3.8) is 0 Å². The number of carbonyl (C=O) groups is 1. The number of H-pyrrole nitrogens is 1. The molecular weight excluding hydrogens is 314 g/mol. The molecule has 1 aromatic carbocycles. The molecule has 4 nitrogen and oxygen atoms in total. The van der Waals surface area contributed by atoms with E-state index in [4.69, 9.17) is 4.74 Å². The third-order valence-corrected chi connectivity index (χ3v) is 4.27. The van der Waals surface area contributed by atoms with E-state index in [-0.39, 0.29) is 12.4 Å². The Morgan fingerprint density at radius 1 is 1.40 bits per heavy atom. The van der Waals surface area contributed by atoms with Crippen molar-refractivity contribution >= 4 is 28.5 Å². The SMILES string of the molecule is C=C(C)c1[nH]c2cc(OCCC(=O)OC)ccc2c1/C=C\C(C)CC. The number of carbonyl (C=O) groups excluding carboxylic acids is 1. The van der Waals surface area contributed by atoms with E-state index in [1.165, 1.54) is 7.11 Å². The molecule has 0 amide bonds. The molecule has 0 radical (unpaired) electrons. The number of fused-ring (bicyclic) bond motifs is 1. The maximum Gasteiger partial charge on any atom is 0.308 e. The van der Waals surface area contributed by atoms with Crippen LogP contribution in [-0.4, -0.2) is 24.7 Å². The molecule has 25 heavy (non-hydrogen) atoms. The number of hydrogen-bond acceptors (Lipinski definition) is 3. The maximum atomic E-state index is 11.2. The van der Waals surface area contributed by atoms with Crippen molar-refractivity contribution in [2.24, 2.45) is 5.92 Å². The lowest BCUT2D eigenvalue weighted by Crippen LogP contribution is -2.07. The van der Waals surface area contributed by atoms with E-state index in [0.29, 0.717) is 12.5 Å². The first-order valence-corrected chi connectivity index (χ1v) is 8.65. The summed E-state index contributed by atoms with van der Waals surface area (Å²) in [4.78, 5) is 14.6. The first-order valence-electron chi connectivity index (χ1n) is 8.65. The molecule has 0 aliphatic carbocycles. The summed E-state index contributed by atoms with van der Waals surface area (Å²) in [5, 5.41) is 1.14. The zero-order chi connectivity index (χ0) is 18.4. The van der Waals surface area contributed by atoms with Gasteiger partial charge in [0.25, 0.3) is 0 Å². The minimum absolute atomic E-state index is 0.235. The average molecular weight is 341 g/mol. The Morgan fingerprint density at radius 3 is 2.80 bits per heavy atom. The molecular formula is C21H27NO3. The van der Waals surface area contributed by atoms with E-state index in [1.807, 2.05) is 25.1 Å². The summed E-state index contributed by atoms with van der Waals surface area (Å²) in [7, 11) is 1.38. The number of esters is 1. The Morgan fingerprint density at radius 2 is 2.16 bits per heavy atom. The van der Waals surface area contributed by atoms with Crippen molar-refractivity contribution in [3.05, 3.63) is 42.1 Å². The molecule has 0 fully saturated rings. The molecule has 134 valence electrons. The quantitative estimate of drug-likeness (QED) is 0.671. The normalized spacial score (nSPS) is 12.5. The van der Waals surface area contributed by atoms with Gasteiger partial charge in [0, 0.05) is 22.7 Å². The largest absolute Gasteiger partial charge is 0.493 e. The zero-order valence-electron chi connectivity index (χ0n) is 15.5. The summed E-state index contributed by atoms with van der Waals surface area (Å²) in [6.07, 6.45) is 5.75. The molecule has 1 atom stereocenters. The van der Waals surface area contributed by atoms with Gasteiger partial charge in [-0.15, -0.1) is 0 Å². The average Bonchev–Trinajstić information content (AvgIpc) is 2.97. The number of methoxy groups -OCH3 is 1. The lowest BCUT2D eigenvalue weighted by Gasteiger charge is -2.05. The van der Waals surface area contributed by atoms with E-state index in [0.717, 1.165) is 39.9 Å². The molecule has 2 rings (SSSR count). The molecule has 1 aromatic heterocycles. The van der Waals surface area contributed by atoms with Crippen LogP contribution in [-0.2, 0) is 9.53 Å². The highest BCUT2D eigenvalue weighted by Crippen LogP contribution is 2.31. The molecule has 1 N–H and O–H groups in total. The Balaban J connectivity index is 2.29. The van der Waals surface area contributed by atoms with Crippen LogP contribution in [0.15, 0.2) is 30.9 Å². The van der Waals surface area contributed by atoms with Crippen molar-refractivity contribution < 1.29 is 14.3 Å². The van der Waals surface area contributed by atoms with Crippen LogP contribution in [0.4, 0.5) is 0 Å². The fraction of sp³-hybridized carbons (Fsp3) is 0.381. The predicted octanol–water partition coefficient (Wildman–Crippen LogP) is 5.20. The van der Waals surface area contributed by atoms with E-state index >= 15 is 0 Å². The van der Waals surface area contributed by atoms with E-state index in [2.05, 4.69) is 42.3 Å². The molecule has 0 aliphatic heterocycles. The number of benzene rings is 1. The van der Waals surface area contributed by atoms with Crippen LogP contribution in [0.2, 0.25) is 0 Å². The number of hydrogen-bond donors (Lipinski definition) is 1. The minimum Gasteiger partial charge on any atom is -0.493 e. The molecule has 0 aliphatic rings. The number of allylic oxidation sites excluding steroid dienone is 2. The van der Waals surface area contributed by atoms with Crippen molar-refractivity contribution in [3.8, 4) is 5.75 Å². The number of rotatable bonds is 8. The summed E-state index contributed by atoms with van der Waals surface area (Å²) in [5.41, 5.74) is 4.19. The second-order valence-electron chi connectivity index (χ2n) is 6.32. The van der Waals surface area contributed by atoms with Gasteiger partial charge in [-0.1, -0.05) is 39.0 Å². The van der Waals surface area contributed by atoms with Crippen LogP contribution in [0.3, 0.4) is 0 Å². The summed E-state index contributed by atoms with van der Waals surface area (Å²) in [6, 6.07) is 5.93. The van der Waals surface area contributed by atoms with Crippen LogP contribution in [0.1, 0.15) is 44.9 Å². The van der Waals surface area contributed by atoms with Gasteiger partial charge in [-0.2, -0.15) is 0 Å². The van der Waals surface area contributed by atoms with Crippen LogP contribution in [0, 0.1) is 5.92 Å². The summed E-state index contributed by atoms with van der Waals surface area (Å²) in [6.45, 7) is 10.8. The van der Waals surface area contributed by atoms with E-state index in [9.17, 15) is 4.79 Å². The molecule has 0 saturated heterocycles. The van der Waals surface area contributed by atoms with Crippen molar-refractivity contribution in [2.75, 3.05) is 13.7 Å². The Kier molecular flexibility index (Phi) is 6.45. The molecule has 1 unspecified atom stereocenters. The Bertz CT molecular complexity index is 786. The van der Waals surface area contributed by atoms with Gasteiger partial charge in [-0.05, 0) is 30.5 Å². The maximum absolute atomic E-state index is 11.2. The first kappa shape index (κ1) is 18.8. The lowest BCUT2D eigenvalue weighted by atomic mass is 10.0. The van der Waals surface area contributed by atoms with Gasteiger partial charge in [0.05, 0.1) is 25.7 Å². The molecule has 2 aromatic rings. The molecule has 0 bridgehead atoms. The zero-order valence-corrected chi connectivity index (χ0v) is 15.5. The third kappa shape index (κ3) is 4.75. The fourth-order valence-corrected chi connectivity index (χ4v) is 2.55. The monoisotopic (exact) mass is 341 g/mol. The number of aromatic nitrogens is 1. The predicted molar refractivity (Wildman–Crippen MR) is 104 cm³/mol. The second-order valence-corrected chi connectivity index (χ2v) is 6.32. The van der Waals surface area contributed by atoms with E-state index < -0.39 is 0 Å². The summed E-state index contributed by atoms with van der Waals surface area (Å²) < 4.78 is 10.3. The topological polar surface area (TPSA) is 51.3 Å². The molecule has 4 heteroatoms. The standard InChI is InChI=1S/C21H27NO3/c1-6-15(4)7-9-18-17-10-8-16(25-12-11-20(23)24-5)13-19(17)22-21(18)14(2)3/h7-10,13,15,22H,2,6,11-12H2,1,3-5H3/b9-7-. The number of aromatic amines is 1. The second kappa shape index (κ2) is 8.56. The highest BCUT2D eigenvalue weighted by atomic mass is 16.5. The van der Waals surface area contributed by atoms with Crippen molar-refractivity contribution in [2.45, 2.75) is 33.6 Å². The van der Waals surface area contributed by atoms with Gasteiger partial charge in [0.15, 0.2) is 0 Å². The highest BCUT2D eigenvalue weighted by Gasteiger charge is 2.11. The summed E-state index contributed by atoms with van der Waals surface area (Å²) >= 11 is 0. The minimum atomic E-state index is -0.275. The van der Waals surface area contributed by atoms with Crippen LogP contribution in [0.25, 0.3) is 22.6 Å². The lowest BCUT2D eigenvalue weighted by molar-refractivity contribution is -0.141.